The van der Waals surface area contributed by atoms with Gasteiger partial charge in [-0.3, -0.25) is 0 Å². The number of aromatic nitrogens is 1. The summed E-state index contributed by atoms with van der Waals surface area (Å²) in [6.07, 6.45) is 0. The number of carboxylic acid groups (broad SMARTS) is 1. The molecular formula is C12H11BrN2O2S. The zero-order chi connectivity index (χ0) is 13.1. The number of rotatable bonds is 4. The molecule has 2 N–H and O–H groups in total. The first-order chi connectivity index (χ1) is 8.58. The Morgan fingerprint density at radius 2 is 2.33 bits per heavy atom. The number of anilines is 1. The van der Waals surface area contributed by atoms with Crippen molar-refractivity contribution in [2.45, 2.75) is 13.5 Å². The highest BCUT2D eigenvalue weighted by Crippen LogP contribution is 2.22. The fourth-order valence-electron chi connectivity index (χ4n) is 1.48. The predicted octanol–water partition coefficient (Wildman–Crippen LogP) is 3.52. The molecule has 0 fully saturated rings. The molecule has 2 aromatic rings. The summed E-state index contributed by atoms with van der Waals surface area (Å²) in [5.41, 5.74) is 3.97. The number of hydrogen-bond donors (Lipinski definition) is 2. The van der Waals surface area contributed by atoms with Crippen molar-refractivity contribution in [3.63, 3.8) is 0 Å². The number of thiazole rings is 1. The Morgan fingerprint density at radius 1 is 1.56 bits per heavy atom. The standard InChI is InChI=1S/C12H11BrN2O2S/c1-7-11(18-6-15-7)5-14-8-2-3-9(12(16)17)10(13)4-8/h2-4,6,14H,5H2,1H3,(H,16,17). The number of carboxylic acids is 1. The summed E-state index contributed by atoms with van der Waals surface area (Å²) < 4.78 is 0.570. The average molecular weight is 327 g/mol. The molecule has 0 aliphatic heterocycles. The summed E-state index contributed by atoms with van der Waals surface area (Å²) in [7, 11) is 0. The minimum absolute atomic E-state index is 0.259. The molecule has 0 aliphatic carbocycles. The maximum Gasteiger partial charge on any atom is 0.336 e. The van der Waals surface area contributed by atoms with Gasteiger partial charge in [0.25, 0.3) is 0 Å². The molecule has 1 aromatic carbocycles. The van der Waals surface area contributed by atoms with Gasteiger partial charge in [-0.25, -0.2) is 9.78 Å². The number of nitrogens with zero attached hydrogens (tertiary/aromatic N) is 1. The minimum Gasteiger partial charge on any atom is -0.478 e. The molecule has 0 amide bonds. The van der Waals surface area contributed by atoms with Gasteiger partial charge in [0, 0.05) is 15.0 Å². The van der Waals surface area contributed by atoms with Gasteiger partial charge in [-0.1, -0.05) is 0 Å². The second-order valence-electron chi connectivity index (χ2n) is 3.71. The van der Waals surface area contributed by atoms with Crippen LogP contribution in [0.5, 0.6) is 0 Å². The van der Waals surface area contributed by atoms with E-state index in [9.17, 15) is 4.79 Å². The summed E-state index contributed by atoms with van der Waals surface area (Å²) in [6, 6.07) is 5.10. The number of carbonyl (C=O) groups is 1. The molecule has 4 nitrogen and oxygen atoms in total. The average Bonchev–Trinajstić information content (AvgIpc) is 2.72. The van der Waals surface area contributed by atoms with E-state index in [-0.39, 0.29) is 5.56 Å². The van der Waals surface area contributed by atoms with E-state index in [1.165, 1.54) is 4.88 Å². The zero-order valence-electron chi connectivity index (χ0n) is 9.61. The highest BCUT2D eigenvalue weighted by Gasteiger charge is 2.08. The first-order valence-corrected chi connectivity index (χ1v) is 6.91. The highest BCUT2D eigenvalue weighted by molar-refractivity contribution is 9.10. The van der Waals surface area contributed by atoms with E-state index in [4.69, 9.17) is 5.11 Å². The van der Waals surface area contributed by atoms with Crippen molar-refractivity contribution in [2.75, 3.05) is 5.32 Å². The smallest absolute Gasteiger partial charge is 0.336 e. The Labute approximate surface area is 117 Å². The number of hydrogen-bond acceptors (Lipinski definition) is 4. The normalized spacial score (nSPS) is 10.3. The number of aryl methyl sites for hydroxylation is 1. The van der Waals surface area contributed by atoms with Gasteiger partial charge >= 0.3 is 5.97 Å². The van der Waals surface area contributed by atoms with Gasteiger partial charge in [-0.2, -0.15) is 0 Å². The minimum atomic E-state index is -0.938. The maximum atomic E-state index is 10.9. The van der Waals surface area contributed by atoms with Crippen LogP contribution in [0.25, 0.3) is 0 Å². The first-order valence-electron chi connectivity index (χ1n) is 5.23. The largest absolute Gasteiger partial charge is 0.478 e. The molecule has 2 rings (SSSR count). The molecule has 0 atom stereocenters. The van der Waals surface area contributed by atoms with Crippen LogP contribution in [0.1, 0.15) is 20.9 Å². The van der Waals surface area contributed by atoms with E-state index in [1.54, 1.807) is 29.5 Å². The molecule has 1 aromatic heterocycles. The van der Waals surface area contributed by atoms with Crippen molar-refractivity contribution in [3.8, 4) is 0 Å². The molecule has 0 radical (unpaired) electrons. The molecule has 0 aliphatic rings. The molecule has 0 spiro atoms. The molecule has 0 unspecified atom stereocenters. The third-order valence-electron chi connectivity index (χ3n) is 2.50. The molecule has 6 heteroatoms. The maximum absolute atomic E-state index is 10.9. The second-order valence-corrected chi connectivity index (χ2v) is 5.51. The molecule has 0 bridgehead atoms. The molecule has 94 valence electrons. The lowest BCUT2D eigenvalue weighted by Crippen LogP contribution is -2.01. The quantitative estimate of drug-likeness (QED) is 0.902. The number of aromatic carboxylic acids is 1. The fraction of sp³-hybridized carbons (Fsp3) is 0.167. The lowest BCUT2D eigenvalue weighted by Gasteiger charge is -2.07. The molecular weight excluding hydrogens is 316 g/mol. The van der Waals surface area contributed by atoms with Crippen molar-refractivity contribution >= 4 is 38.9 Å². The van der Waals surface area contributed by atoms with Crippen molar-refractivity contribution in [1.82, 2.24) is 4.98 Å². The van der Waals surface area contributed by atoms with Gasteiger partial charge in [0.15, 0.2) is 0 Å². The van der Waals surface area contributed by atoms with Crippen molar-refractivity contribution in [3.05, 3.63) is 44.3 Å². The molecule has 0 saturated heterocycles. The van der Waals surface area contributed by atoms with Crippen LogP contribution in [0.2, 0.25) is 0 Å². The van der Waals surface area contributed by atoms with Gasteiger partial charge in [0.05, 0.1) is 23.3 Å². The van der Waals surface area contributed by atoms with E-state index in [0.29, 0.717) is 11.0 Å². The summed E-state index contributed by atoms with van der Waals surface area (Å²) in [5, 5.41) is 12.2. The van der Waals surface area contributed by atoms with Crippen molar-refractivity contribution in [2.24, 2.45) is 0 Å². The lowest BCUT2D eigenvalue weighted by atomic mass is 10.2. The summed E-state index contributed by atoms with van der Waals surface area (Å²) in [4.78, 5) is 16.2. The summed E-state index contributed by atoms with van der Waals surface area (Å²) >= 11 is 4.85. The van der Waals surface area contributed by atoms with Crippen molar-refractivity contribution < 1.29 is 9.90 Å². The van der Waals surface area contributed by atoms with Crippen LogP contribution in [0.4, 0.5) is 5.69 Å². The number of benzene rings is 1. The van der Waals surface area contributed by atoms with E-state index in [1.807, 2.05) is 12.4 Å². The van der Waals surface area contributed by atoms with Crippen molar-refractivity contribution in [1.29, 1.82) is 0 Å². The first kappa shape index (κ1) is 13.0. The topological polar surface area (TPSA) is 62.2 Å². The highest BCUT2D eigenvalue weighted by atomic mass is 79.9. The third-order valence-corrected chi connectivity index (χ3v) is 4.09. The Balaban J connectivity index is 2.09. The van der Waals surface area contributed by atoms with Gasteiger partial charge in [-0.15, -0.1) is 11.3 Å². The van der Waals surface area contributed by atoms with Crippen LogP contribution in [0.3, 0.4) is 0 Å². The molecule has 18 heavy (non-hydrogen) atoms. The van der Waals surface area contributed by atoms with Gasteiger partial charge in [0.1, 0.15) is 0 Å². The predicted molar refractivity (Wildman–Crippen MR) is 75.3 cm³/mol. The lowest BCUT2D eigenvalue weighted by molar-refractivity contribution is 0.0696. The third kappa shape index (κ3) is 2.88. The van der Waals surface area contributed by atoms with Crippen LogP contribution < -0.4 is 5.32 Å². The Hall–Kier alpha value is -1.40. The van der Waals surface area contributed by atoms with Gasteiger partial charge in [-0.05, 0) is 41.1 Å². The summed E-state index contributed by atoms with van der Waals surface area (Å²) in [6.45, 7) is 2.66. The number of nitrogens with one attached hydrogen (secondary N) is 1. The van der Waals surface area contributed by atoms with Crippen LogP contribution in [0.15, 0.2) is 28.2 Å². The SMILES string of the molecule is Cc1ncsc1CNc1ccc(C(=O)O)c(Br)c1. The molecule has 1 heterocycles. The van der Waals surface area contributed by atoms with E-state index in [2.05, 4.69) is 26.2 Å². The Kier molecular flexibility index (Phi) is 3.98. The van der Waals surface area contributed by atoms with Crippen LogP contribution >= 0.6 is 27.3 Å². The zero-order valence-corrected chi connectivity index (χ0v) is 12.0. The van der Waals surface area contributed by atoms with E-state index >= 15 is 0 Å². The Morgan fingerprint density at radius 3 is 2.89 bits per heavy atom. The second kappa shape index (κ2) is 5.49. The fourth-order valence-corrected chi connectivity index (χ4v) is 2.74. The monoisotopic (exact) mass is 326 g/mol. The van der Waals surface area contributed by atoms with Crippen LogP contribution in [0, 0.1) is 6.92 Å². The van der Waals surface area contributed by atoms with Gasteiger partial charge < -0.3 is 10.4 Å². The Bertz CT molecular complexity index is 583. The van der Waals surface area contributed by atoms with E-state index in [0.717, 1.165) is 11.4 Å². The number of halogens is 1. The molecule has 0 saturated carbocycles. The van der Waals surface area contributed by atoms with E-state index < -0.39 is 5.97 Å². The summed E-state index contributed by atoms with van der Waals surface area (Å²) in [5.74, 6) is -0.938. The van der Waals surface area contributed by atoms with Gasteiger partial charge in [0.2, 0.25) is 0 Å². The van der Waals surface area contributed by atoms with Crippen LogP contribution in [-0.4, -0.2) is 16.1 Å². The van der Waals surface area contributed by atoms with Crippen LogP contribution in [-0.2, 0) is 6.54 Å².